The molecule has 1 unspecified atom stereocenters. The average Bonchev–Trinajstić information content (AvgIpc) is 2.46. The molecule has 2 N–H and O–H groups in total. The van der Waals surface area contributed by atoms with Crippen LogP contribution in [0.4, 0.5) is 0 Å². The third-order valence-electron chi connectivity index (χ3n) is 2.65. The van der Waals surface area contributed by atoms with Crippen LogP contribution in [0.3, 0.4) is 0 Å². The van der Waals surface area contributed by atoms with Crippen molar-refractivity contribution in [1.82, 2.24) is 10.3 Å². The summed E-state index contributed by atoms with van der Waals surface area (Å²) in [5, 5.41) is 13.2. The fourth-order valence-electron chi connectivity index (χ4n) is 1.60. The average molecular weight is 277 g/mol. The maximum atomic E-state index is 11.8. The summed E-state index contributed by atoms with van der Waals surface area (Å²) in [6.45, 7) is 0.142. The molecule has 5 heteroatoms. The number of benzene rings is 1. The first-order chi connectivity index (χ1) is 9.16. The van der Waals surface area contributed by atoms with Gasteiger partial charge in [0.1, 0.15) is 0 Å². The molecule has 4 nitrogen and oxygen atoms in total. The third kappa shape index (κ3) is 3.77. The van der Waals surface area contributed by atoms with Gasteiger partial charge in [0, 0.05) is 29.5 Å². The van der Waals surface area contributed by atoms with E-state index in [1.165, 1.54) is 0 Å². The number of carbonyl (C=O) groups excluding carboxylic acids is 1. The maximum absolute atomic E-state index is 11.8. The molecule has 1 aromatic heterocycles. The molecule has 19 heavy (non-hydrogen) atoms. The molecule has 0 saturated carbocycles. The van der Waals surface area contributed by atoms with Crippen LogP contribution >= 0.6 is 11.6 Å². The van der Waals surface area contributed by atoms with Crippen LogP contribution in [-0.4, -0.2) is 22.5 Å². The fourth-order valence-corrected chi connectivity index (χ4v) is 1.72. The van der Waals surface area contributed by atoms with Gasteiger partial charge in [-0.2, -0.15) is 0 Å². The molecule has 0 radical (unpaired) electrons. The lowest BCUT2D eigenvalue weighted by Gasteiger charge is -2.12. The van der Waals surface area contributed by atoms with E-state index in [1.54, 1.807) is 48.8 Å². The van der Waals surface area contributed by atoms with E-state index in [2.05, 4.69) is 10.3 Å². The van der Waals surface area contributed by atoms with E-state index >= 15 is 0 Å². The van der Waals surface area contributed by atoms with Gasteiger partial charge in [-0.3, -0.25) is 9.78 Å². The standard InChI is InChI=1S/C14H13ClN2O2/c15-12-3-1-10(2-4-12)13(18)9-17-14(19)11-5-7-16-8-6-11/h1-8,13,18H,9H2,(H,17,19). The first-order valence-electron chi connectivity index (χ1n) is 5.78. The van der Waals surface area contributed by atoms with Crippen LogP contribution in [0.2, 0.25) is 5.02 Å². The molecule has 0 aliphatic heterocycles. The highest BCUT2D eigenvalue weighted by atomic mass is 35.5. The highest BCUT2D eigenvalue weighted by molar-refractivity contribution is 6.30. The van der Waals surface area contributed by atoms with Crippen LogP contribution in [0.15, 0.2) is 48.8 Å². The van der Waals surface area contributed by atoms with E-state index in [1.807, 2.05) is 0 Å². The molecule has 0 fully saturated rings. The van der Waals surface area contributed by atoms with Crippen molar-refractivity contribution in [3.05, 3.63) is 64.9 Å². The Morgan fingerprint density at radius 3 is 2.47 bits per heavy atom. The number of nitrogens with one attached hydrogen (secondary N) is 1. The lowest BCUT2D eigenvalue weighted by Crippen LogP contribution is -2.28. The predicted molar refractivity (Wildman–Crippen MR) is 73.0 cm³/mol. The molecule has 0 spiro atoms. The number of halogens is 1. The first kappa shape index (κ1) is 13.5. The van der Waals surface area contributed by atoms with Gasteiger partial charge < -0.3 is 10.4 Å². The van der Waals surface area contributed by atoms with Crippen molar-refractivity contribution in [2.45, 2.75) is 6.10 Å². The minimum atomic E-state index is -0.761. The largest absolute Gasteiger partial charge is 0.387 e. The number of aromatic nitrogens is 1. The van der Waals surface area contributed by atoms with E-state index < -0.39 is 6.10 Å². The quantitative estimate of drug-likeness (QED) is 0.900. The van der Waals surface area contributed by atoms with Gasteiger partial charge in [-0.25, -0.2) is 0 Å². The highest BCUT2D eigenvalue weighted by Gasteiger charge is 2.10. The van der Waals surface area contributed by atoms with Crippen molar-refractivity contribution in [1.29, 1.82) is 0 Å². The predicted octanol–water partition coefficient (Wildman–Crippen LogP) is 2.20. The molecule has 2 rings (SSSR count). The Kier molecular flexibility index (Phi) is 4.49. The number of carbonyl (C=O) groups is 1. The summed E-state index contributed by atoms with van der Waals surface area (Å²) in [6, 6.07) is 10.1. The van der Waals surface area contributed by atoms with Crippen LogP contribution < -0.4 is 5.32 Å². The Hall–Kier alpha value is -1.91. The van der Waals surface area contributed by atoms with Gasteiger partial charge in [0.15, 0.2) is 0 Å². The van der Waals surface area contributed by atoms with Gasteiger partial charge in [0.2, 0.25) is 0 Å². The van der Waals surface area contributed by atoms with E-state index in [0.29, 0.717) is 16.1 Å². The molecular formula is C14H13ClN2O2. The van der Waals surface area contributed by atoms with Crippen LogP contribution in [0.5, 0.6) is 0 Å². The zero-order valence-corrected chi connectivity index (χ0v) is 10.8. The molecule has 1 atom stereocenters. The monoisotopic (exact) mass is 276 g/mol. The molecule has 98 valence electrons. The Balaban J connectivity index is 1.92. The molecule has 1 heterocycles. The molecule has 0 saturated heterocycles. The van der Waals surface area contributed by atoms with Gasteiger partial charge in [0.05, 0.1) is 6.10 Å². The van der Waals surface area contributed by atoms with Crippen molar-refractivity contribution < 1.29 is 9.90 Å². The van der Waals surface area contributed by atoms with E-state index in [-0.39, 0.29) is 12.5 Å². The van der Waals surface area contributed by atoms with Crippen LogP contribution in [0.1, 0.15) is 22.0 Å². The second kappa shape index (κ2) is 6.31. The first-order valence-corrected chi connectivity index (χ1v) is 6.16. The van der Waals surface area contributed by atoms with Crippen molar-refractivity contribution in [3.8, 4) is 0 Å². The topological polar surface area (TPSA) is 62.2 Å². The number of nitrogens with zero attached hydrogens (tertiary/aromatic N) is 1. The van der Waals surface area contributed by atoms with Crippen LogP contribution in [0, 0.1) is 0 Å². The molecule has 0 aliphatic carbocycles. The van der Waals surface area contributed by atoms with Crippen LogP contribution in [-0.2, 0) is 0 Å². The van der Waals surface area contributed by atoms with E-state index in [9.17, 15) is 9.90 Å². The summed E-state index contributed by atoms with van der Waals surface area (Å²) in [5.74, 6) is -0.240. The number of amides is 1. The summed E-state index contributed by atoms with van der Waals surface area (Å²) < 4.78 is 0. The second-order valence-electron chi connectivity index (χ2n) is 4.01. The minimum absolute atomic E-state index is 0.142. The fraction of sp³-hybridized carbons (Fsp3) is 0.143. The second-order valence-corrected chi connectivity index (χ2v) is 4.45. The zero-order chi connectivity index (χ0) is 13.7. The van der Waals surface area contributed by atoms with Gasteiger partial charge >= 0.3 is 0 Å². The maximum Gasteiger partial charge on any atom is 0.251 e. The Bertz CT molecular complexity index is 543. The van der Waals surface area contributed by atoms with E-state index in [4.69, 9.17) is 11.6 Å². The number of hydrogen-bond acceptors (Lipinski definition) is 3. The SMILES string of the molecule is O=C(NCC(O)c1ccc(Cl)cc1)c1ccncc1. The molecule has 0 bridgehead atoms. The Morgan fingerprint density at radius 1 is 1.21 bits per heavy atom. The summed E-state index contributed by atoms with van der Waals surface area (Å²) in [4.78, 5) is 15.6. The number of pyridine rings is 1. The summed E-state index contributed by atoms with van der Waals surface area (Å²) >= 11 is 5.77. The van der Waals surface area contributed by atoms with Crippen molar-refractivity contribution in [3.63, 3.8) is 0 Å². The lowest BCUT2D eigenvalue weighted by molar-refractivity contribution is 0.0916. The smallest absolute Gasteiger partial charge is 0.251 e. The highest BCUT2D eigenvalue weighted by Crippen LogP contribution is 2.15. The van der Waals surface area contributed by atoms with E-state index in [0.717, 1.165) is 0 Å². The third-order valence-corrected chi connectivity index (χ3v) is 2.91. The lowest BCUT2D eigenvalue weighted by atomic mass is 10.1. The molecular weight excluding hydrogens is 264 g/mol. The normalized spacial score (nSPS) is 11.9. The number of rotatable bonds is 4. The van der Waals surface area contributed by atoms with Crippen molar-refractivity contribution in [2.75, 3.05) is 6.54 Å². The van der Waals surface area contributed by atoms with Gasteiger partial charge in [-0.1, -0.05) is 23.7 Å². The summed E-state index contributed by atoms with van der Waals surface area (Å²) in [6.07, 6.45) is 2.33. The van der Waals surface area contributed by atoms with Crippen LogP contribution in [0.25, 0.3) is 0 Å². The Morgan fingerprint density at radius 2 is 1.84 bits per heavy atom. The van der Waals surface area contributed by atoms with Gasteiger partial charge in [-0.15, -0.1) is 0 Å². The molecule has 1 amide bonds. The van der Waals surface area contributed by atoms with Crippen molar-refractivity contribution >= 4 is 17.5 Å². The Labute approximate surface area is 116 Å². The zero-order valence-electron chi connectivity index (χ0n) is 10.1. The number of aliphatic hydroxyl groups is 1. The summed E-state index contributed by atoms with van der Waals surface area (Å²) in [5.41, 5.74) is 1.22. The van der Waals surface area contributed by atoms with Gasteiger partial charge in [0.25, 0.3) is 5.91 Å². The molecule has 2 aromatic rings. The molecule has 0 aliphatic rings. The summed E-state index contributed by atoms with van der Waals surface area (Å²) in [7, 11) is 0. The minimum Gasteiger partial charge on any atom is -0.387 e. The van der Waals surface area contributed by atoms with Gasteiger partial charge in [-0.05, 0) is 29.8 Å². The number of aliphatic hydroxyl groups excluding tert-OH is 1. The van der Waals surface area contributed by atoms with Crippen molar-refractivity contribution in [2.24, 2.45) is 0 Å². The number of hydrogen-bond donors (Lipinski definition) is 2. The molecule has 1 aromatic carbocycles.